The van der Waals surface area contributed by atoms with Gasteiger partial charge in [0.15, 0.2) is 11.4 Å². The maximum atomic E-state index is 6.74. The molecule has 0 atom stereocenters. The van der Waals surface area contributed by atoms with Crippen LogP contribution in [0.3, 0.4) is 0 Å². The molecule has 284 valence electrons. The second kappa shape index (κ2) is 11.1. The van der Waals surface area contributed by atoms with E-state index in [9.17, 15) is 0 Å². The van der Waals surface area contributed by atoms with E-state index in [-0.39, 0.29) is 0 Å². The van der Waals surface area contributed by atoms with Crippen molar-refractivity contribution in [2.45, 2.75) is 0 Å². The maximum absolute atomic E-state index is 6.74. The van der Waals surface area contributed by atoms with Gasteiger partial charge in [-0.3, -0.25) is 26.9 Å². The van der Waals surface area contributed by atoms with Gasteiger partial charge in [-0.05, 0) is 84.9 Å². The average Bonchev–Trinajstić information content (AvgIpc) is 4.17. The number of aromatic nitrogens is 10. The zero-order chi connectivity index (χ0) is 39.5. The molecule has 0 aliphatic heterocycles. The number of para-hydroxylation sites is 11. The van der Waals surface area contributed by atoms with Crippen molar-refractivity contribution in [1.29, 1.82) is 0 Å². The van der Waals surface area contributed by atoms with Gasteiger partial charge in [0.1, 0.15) is 11.1 Å². The highest BCUT2D eigenvalue weighted by Gasteiger charge is 2.28. The van der Waals surface area contributed by atoms with Crippen LogP contribution >= 0.6 is 0 Å². The largest absolute Gasteiger partial charge is 0.452 e. The number of nitrogens with zero attached hydrogens (tertiary/aromatic N) is 10. The number of benzene rings is 7. The summed E-state index contributed by atoms with van der Waals surface area (Å²) in [5, 5.41) is 2.01. The molecule has 8 heterocycles. The molecule has 15 aromatic rings. The Kier molecular flexibility index (Phi) is 5.68. The molecule has 7 aromatic carbocycles. The van der Waals surface area contributed by atoms with Gasteiger partial charge in [-0.15, -0.1) is 0 Å². The Bertz CT molecular complexity index is 4370. The van der Waals surface area contributed by atoms with Crippen molar-refractivity contribution in [2.24, 2.45) is 0 Å². The first kappa shape index (κ1) is 31.3. The molecule has 11 heteroatoms. The van der Waals surface area contributed by atoms with Gasteiger partial charge in [-0.2, -0.15) is 0 Å². The van der Waals surface area contributed by atoms with Gasteiger partial charge >= 0.3 is 0 Å². The van der Waals surface area contributed by atoms with Crippen molar-refractivity contribution in [1.82, 2.24) is 46.8 Å². The number of fused-ring (bicyclic) bond motifs is 18. The highest BCUT2D eigenvalue weighted by Crippen LogP contribution is 2.41. The molecule has 0 N–H and O–H groups in total. The fourth-order valence-corrected chi connectivity index (χ4v) is 10.0. The quantitative estimate of drug-likeness (QED) is 0.178. The van der Waals surface area contributed by atoms with Crippen molar-refractivity contribution in [3.63, 3.8) is 0 Å². The number of furan rings is 1. The van der Waals surface area contributed by atoms with Crippen LogP contribution in [0.25, 0.3) is 123 Å². The third-order valence-electron chi connectivity index (χ3n) is 12.5. The Morgan fingerprint density at radius 1 is 0.377 bits per heavy atom. The zero-order valence-electron chi connectivity index (χ0n) is 32.0. The van der Waals surface area contributed by atoms with Crippen molar-refractivity contribution >= 4 is 105 Å². The average molecular weight is 785 g/mol. The predicted octanol–water partition coefficient (Wildman–Crippen LogP) is 11.2. The smallest absolute Gasteiger partial charge is 0.222 e. The molecule has 0 saturated carbocycles. The number of rotatable bonds is 3. The van der Waals surface area contributed by atoms with E-state index in [1.54, 1.807) is 0 Å². The van der Waals surface area contributed by atoms with E-state index in [4.69, 9.17) is 24.4 Å². The van der Waals surface area contributed by atoms with Gasteiger partial charge in [-0.1, -0.05) is 78.9 Å². The number of pyridine rings is 1. The molecule has 0 spiro atoms. The van der Waals surface area contributed by atoms with Crippen LogP contribution in [0.2, 0.25) is 0 Å². The Labute approximate surface area is 342 Å². The highest BCUT2D eigenvalue weighted by atomic mass is 16.3. The lowest BCUT2D eigenvalue weighted by Gasteiger charge is -2.12. The minimum Gasteiger partial charge on any atom is -0.452 e. The van der Waals surface area contributed by atoms with E-state index in [2.05, 4.69) is 154 Å². The Hall–Kier alpha value is -8.70. The molecular formula is C50H28N10O. The third kappa shape index (κ3) is 3.84. The topological polar surface area (TPSA) is 92.7 Å². The SMILES string of the molecule is c1ccc2c(c1)nc1n(-c3cccc4c3nc3n(-c5nccc6c5oc5ccccc56)c5c(-n6c7ccccc7n7c8ccccc8nc67)cccc5n43)c3ccccc3n21. The van der Waals surface area contributed by atoms with Crippen LogP contribution in [-0.4, -0.2) is 46.8 Å². The molecule has 0 radical (unpaired) electrons. The van der Waals surface area contributed by atoms with E-state index in [1.165, 1.54) is 0 Å². The van der Waals surface area contributed by atoms with Gasteiger partial charge in [0.05, 0.1) is 72.1 Å². The summed E-state index contributed by atoms with van der Waals surface area (Å²) in [5.41, 5.74) is 15.2. The van der Waals surface area contributed by atoms with E-state index < -0.39 is 0 Å². The summed E-state index contributed by atoms with van der Waals surface area (Å²) in [4.78, 5) is 21.3. The molecule has 0 fully saturated rings. The summed E-state index contributed by atoms with van der Waals surface area (Å²) in [6, 6.07) is 56.6. The van der Waals surface area contributed by atoms with Gasteiger partial charge < -0.3 is 4.42 Å². The summed E-state index contributed by atoms with van der Waals surface area (Å²) < 4.78 is 20.2. The van der Waals surface area contributed by atoms with E-state index in [1.807, 2.05) is 42.6 Å². The zero-order valence-corrected chi connectivity index (χ0v) is 32.0. The lowest BCUT2D eigenvalue weighted by atomic mass is 10.2. The molecule has 0 aliphatic carbocycles. The summed E-state index contributed by atoms with van der Waals surface area (Å²) in [6.07, 6.45) is 1.87. The molecule has 15 rings (SSSR count). The van der Waals surface area contributed by atoms with Gasteiger partial charge in [-0.25, -0.2) is 19.9 Å². The number of hydrogen-bond acceptors (Lipinski definition) is 5. The Morgan fingerprint density at radius 2 is 0.902 bits per heavy atom. The Morgan fingerprint density at radius 3 is 1.61 bits per heavy atom. The Balaban J connectivity index is 1.12. The van der Waals surface area contributed by atoms with Crippen LogP contribution in [0.15, 0.2) is 174 Å². The van der Waals surface area contributed by atoms with E-state index >= 15 is 0 Å². The summed E-state index contributed by atoms with van der Waals surface area (Å²) in [6.45, 7) is 0. The lowest BCUT2D eigenvalue weighted by molar-refractivity contribution is 0.663. The first-order valence-corrected chi connectivity index (χ1v) is 20.3. The molecule has 0 saturated heterocycles. The minimum atomic E-state index is 0.646. The highest BCUT2D eigenvalue weighted by molar-refractivity contribution is 6.09. The van der Waals surface area contributed by atoms with Gasteiger partial charge in [0.25, 0.3) is 0 Å². The first-order chi connectivity index (χ1) is 30.3. The van der Waals surface area contributed by atoms with E-state index in [0.717, 1.165) is 105 Å². The second-order valence-electron chi connectivity index (χ2n) is 15.6. The van der Waals surface area contributed by atoms with Crippen molar-refractivity contribution in [3.8, 4) is 17.2 Å². The van der Waals surface area contributed by atoms with Crippen LogP contribution in [-0.2, 0) is 0 Å². The fourth-order valence-electron chi connectivity index (χ4n) is 10.0. The van der Waals surface area contributed by atoms with Crippen molar-refractivity contribution in [2.75, 3.05) is 0 Å². The van der Waals surface area contributed by atoms with Crippen LogP contribution in [0.4, 0.5) is 0 Å². The van der Waals surface area contributed by atoms with E-state index in [0.29, 0.717) is 17.2 Å². The maximum Gasteiger partial charge on any atom is 0.222 e. The van der Waals surface area contributed by atoms with Crippen LogP contribution in [0.1, 0.15) is 0 Å². The molecule has 11 nitrogen and oxygen atoms in total. The molecular weight excluding hydrogens is 757 g/mol. The molecule has 8 aromatic heterocycles. The molecule has 61 heavy (non-hydrogen) atoms. The molecule has 0 bridgehead atoms. The lowest BCUT2D eigenvalue weighted by Crippen LogP contribution is -2.03. The third-order valence-corrected chi connectivity index (χ3v) is 12.5. The number of hydrogen-bond donors (Lipinski definition) is 0. The summed E-state index contributed by atoms with van der Waals surface area (Å²) in [5.74, 6) is 2.99. The molecule has 0 aliphatic rings. The van der Waals surface area contributed by atoms with Crippen LogP contribution < -0.4 is 0 Å². The van der Waals surface area contributed by atoms with Crippen molar-refractivity contribution in [3.05, 3.63) is 170 Å². The normalized spacial score (nSPS) is 12.6. The molecule has 0 unspecified atom stereocenters. The number of imidazole rings is 6. The van der Waals surface area contributed by atoms with Crippen LogP contribution in [0, 0.1) is 0 Å². The standard InChI is InChI=1S/C50H28N10O/c1-10-26-43-29(13-1)30-27-28-51-47(46(30)61-43)60-45-41(58-38-21-9-7-19-36(38)56-34-17-5-3-15-32(34)53-49(56)58)24-12-25-42(45)59-40-23-11-22-39(44(40)54-50(59)60)57-37-20-8-6-18-35(37)55-33-16-4-2-14-31(33)52-48(55)57/h1-28H. The summed E-state index contributed by atoms with van der Waals surface area (Å²) in [7, 11) is 0. The monoisotopic (exact) mass is 784 g/mol. The molecule has 0 amide bonds. The fraction of sp³-hybridized carbons (Fsp3) is 0. The van der Waals surface area contributed by atoms with Crippen molar-refractivity contribution < 1.29 is 4.42 Å². The minimum absolute atomic E-state index is 0.646. The predicted molar refractivity (Wildman–Crippen MR) is 241 cm³/mol. The summed E-state index contributed by atoms with van der Waals surface area (Å²) >= 11 is 0. The van der Waals surface area contributed by atoms with Gasteiger partial charge in [0, 0.05) is 17.0 Å². The van der Waals surface area contributed by atoms with Gasteiger partial charge in [0.2, 0.25) is 17.3 Å². The first-order valence-electron chi connectivity index (χ1n) is 20.3. The van der Waals surface area contributed by atoms with Crippen LogP contribution in [0.5, 0.6) is 0 Å². The second-order valence-corrected chi connectivity index (χ2v) is 15.6.